The molecular weight excluding hydrogens is 303 g/mol. The summed E-state index contributed by atoms with van der Waals surface area (Å²) in [7, 11) is 0. The molecule has 23 heavy (non-hydrogen) atoms. The van der Waals surface area contributed by atoms with E-state index in [0.29, 0.717) is 10.8 Å². The summed E-state index contributed by atoms with van der Waals surface area (Å²) in [6, 6.07) is 6.93. The first-order valence-corrected chi connectivity index (χ1v) is 7.14. The Morgan fingerprint density at radius 1 is 1.35 bits per heavy atom. The molecule has 1 fully saturated rings. The van der Waals surface area contributed by atoms with Crippen molar-refractivity contribution in [1.82, 2.24) is 9.88 Å². The number of carboxylic acid groups (broad SMARTS) is 1. The highest BCUT2D eigenvalue weighted by Crippen LogP contribution is 2.34. The van der Waals surface area contributed by atoms with E-state index in [1.807, 2.05) is 0 Å². The number of pyridine rings is 1. The van der Waals surface area contributed by atoms with Crippen LogP contribution in [0.2, 0.25) is 0 Å². The van der Waals surface area contributed by atoms with Crippen molar-refractivity contribution >= 4 is 22.6 Å². The van der Waals surface area contributed by atoms with Gasteiger partial charge in [-0.25, -0.2) is 9.37 Å². The molecule has 1 aromatic heterocycles. The summed E-state index contributed by atoms with van der Waals surface area (Å²) < 4.78 is 13.1. The van der Waals surface area contributed by atoms with E-state index in [9.17, 15) is 24.2 Å². The van der Waals surface area contributed by atoms with E-state index in [0.717, 1.165) is 0 Å². The van der Waals surface area contributed by atoms with Gasteiger partial charge in [0, 0.05) is 30.1 Å². The fourth-order valence-electron chi connectivity index (χ4n) is 2.84. The molecule has 2 heterocycles. The molecule has 1 aromatic carbocycles. The number of aromatic nitrogens is 1. The van der Waals surface area contributed by atoms with Crippen LogP contribution in [-0.4, -0.2) is 51.7 Å². The molecule has 1 aliphatic rings. The Morgan fingerprint density at radius 3 is 2.74 bits per heavy atom. The van der Waals surface area contributed by atoms with Gasteiger partial charge in [0.1, 0.15) is 12.1 Å². The highest BCUT2D eigenvalue weighted by molar-refractivity contribution is 6.01. The maximum Gasteiger partial charge on any atom is 0.314 e. The Labute approximate surface area is 131 Å². The number of carbonyl (C=O) groups is 2. The minimum absolute atomic E-state index is 0.0406. The van der Waals surface area contributed by atoms with Crippen molar-refractivity contribution < 1.29 is 24.2 Å². The average Bonchev–Trinajstić information content (AvgIpc) is 3.01. The van der Waals surface area contributed by atoms with E-state index < -0.39 is 24.0 Å². The van der Waals surface area contributed by atoms with Gasteiger partial charge in [0.15, 0.2) is 11.4 Å². The molecule has 0 bridgehead atoms. The summed E-state index contributed by atoms with van der Waals surface area (Å²) in [5.41, 5.74) is -1.72. The van der Waals surface area contributed by atoms with E-state index in [-0.39, 0.29) is 31.0 Å². The molecule has 1 unspecified atom stereocenters. The van der Waals surface area contributed by atoms with Crippen LogP contribution in [0.4, 0.5) is 4.39 Å². The lowest BCUT2D eigenvalue weighted by Gasteiger charge is -2.21. The SMILES string of the molecule is O=C(c1ncc2ccccc2c1O)N1CCC(CF)(C(=O)O)C1. The first-order valence-electron chi connectivity index (χ1n) is 7.14. The smallest absolute Gasteiger partial charge is 0.314 e. The minimum Gasteiger partial charge on any atom is -0.505 e. The van der Waals surface area contributed by atoms with Crippen LogP contribution in [0.15, 0.2) is 30.5 Å². The van der Waals surface area contributed by atoms with E-state index in [4.69, 9.17) is 0 Å². The van der Waals surface area contributed by atoms with Crippen molar-refractivity contribution in [2.24, 2.45) is 5.41 Å². The summed E-state index contributed by atoms with van der Waals surface area (Å²) in [4.78, 5) is 29.0. The lowest BCUT2D eigenvalue weighted by atomic mass is 9.89. The number of carboxylic acids is 1. The van der Waals surface area contributed by atoms with Gasteiger partial charge in [-0.2, -0.15) is 0 Å². The first-order chi connectivity index (χ1) is 11.0. The maximum absolute atomic E-state index is 13.1. The quantitative estimate of drug-likeness (QED) is 0.901. The lowest BCUT2D eigenvalue weighted by Crippen LogP contribution is -2.38. The van der Waals surface area contributed by atoms with E-state index in [1.165, 1.54) is 11.1 Å². The number of fused-ring (bicyclic) bond motifs is 1. The van der Waals surface area contributed by atoms with Gasteiger partial charge >= 0.3 is 5.97 Å². The summed E-state index contributed by atoms with van der Waals surface area (Å²) in [6.07, 6.45) is 1.51. The lowest BCUT2D eigenvalue weighted by molar-refractivity contribution is -0.149. The number of halogens is 1. The van der Waals surface area contributed by atoms with Crippen LogP contribution < -0.4 is 0 Å². The Bertz CT molecular complexity index is 795. The molecule has 1 aliphatic heterocycles. The summed E-state index contributed by atoms with van der Waals surface area (Å²) in [5.74, 6) is -2.10. The van der Waals surface area contributed by atoms with Crippen molar-refractivity contribution in [2.75, 3.05) is 19.8 Å². The first kappa shape index (κ1) is 15.2. The van der Waals surface area contributed by atoms with Crippen molar-refractivity contribution in [3.05, 3.63) is 36.2 Å². The number of likely N-dealkylation sites (tertiary alicyclic amines) is 1. The van der Waals surface area contributed by atoms with Crippen LogP contribution in [0, 0.1) is 5.41 Å². The molecular formula is C16H15FN2O4. The highest BCUT2D eigenvalue weighted by Gasteiger charge is 2.47. The molecule has 6 nitrogen and oxygen atoms in total. The molecule has 3 rings (SSSR count). The second kappa shape index (κ2) is 5.49. The Morgan fingerprint density at radius 2 is 2.09 bits per heavy atom. The van der Waals surface area contributed by atoms with E-state index in [2.05, 4.69) is 4.98 Å². The monoisotopic (exact) mass is 318 g/mol. The zero-order valence-corrected chi connectivity index (χ0v) is 12.2. The van der Waals surface area contributed by atoms with Gasteiger partial charge < -0.3 is 15.1 Å². The molecule has 7 heteroatoms. The van der Waals surface area contributed by atoms with Crippen LogP contribution in [0.1, 0.15) is 16.9 Å². The van der Waals surface area contributed by atoms with Gasteiger partial charge in [-0.1, -0.05) is 24.3 Å². The number of hydrogen-bond donors (Lipinski definition) is 2. The second-order valence-electron chi connectivity index (χ2n) is 5.74. The molecule has 1 atom stereocenters. The largest absolute Gasteiger partial charge is 0.505 e. The van der Waals surface area contributed by atoms with Gasteiger partial charge in [0.25, 0.3) is 5.91 Å². The third kappa shape index (κ3) is 2.38. The third-order valence-electron chi connectivity index (χ3n) is 4.33. The second-order valence-corrected chi connectivity index (χ2v) is 5.74. The van der Waals surface area contributed by atoms with Crippen LogP contribution in [0.5, 0.6) is 5.75 Å². The van der Waals surface area contributed by atoms with Crippen molar-refractivity contribution in [3.63, 3.8) is 0 Å². The molecule has 1 saturated heterocycles. The summed E-state index contributed by atoms with van der Waals surface area (Å²) in [5, 5.41) is 20.6. The number of rotatable bonds is 3. The molecule has 0 aliphatic carbocycles. The molecule has 0 radical (unpaired) electrons. The van der Waals surface area contributed by atoms with Gasteiger partial charge in [-0.05, 0) is 6.42 Å². The average molecular weight is 318 g/mol. The number of aliphatic carboxylic acids is 1. The van der Waals surface area contributed by atoms with E-state index in [1.54, 1.807) is 24.3 Å². The Hall–Kier alpha value is -2.70. The number of benzene rings is 1. The minimum atomic E-state index is -1.57. The number of alkyl halides is 1. The van der Waals surface area contributed by atoms with Crippen molar-refractivity contribution in [2.45, 2.75) is 6.42 Å². The fourth-order valence-corrected chi connectivity index (χ4v) is 2.84. The topological polar surface area (TPSA) is 90.7 Å². The summed E-state index contributed by atoms with van der Waals surface area (Å²) >= 11 is 0. The number of aromatic hydroxyl groups is 1. The number of carbonyl (C=O) groups excluding carboxylic acids is 1. The molecule has 120 valence electrons. The fraction of sp³-hybridized carbons (Fsp3) is 0.312. The van der Waals surface area contributed by atoms with Crippen LogP contribution in [-0.2, 0) is 4.79 Å². The van der Waals surface area contributed by atoms with Gasteiger partial charge in [0.05, 0.1) is 0 Å². The molecule has 2 aromatic rings. The van der Waals surface area contributed by atoms with Gasteiger partial charge in [-0.15, -0.1) is 0 Å². The maximum atomic E-state index is 13.1. The van der Waals surface area contributed by atoms with Gasteiger partial charge in [-0.3, -0.25) is 9.59 Å². The van der Waals surface area contributed by atoms with E-state index >= 15 is 0 Å². The zero-order valence-electron chi connectivity index (χ0n) is 12.2. The predicted molar refractivity (Wildman–Crippen MR) is 80.0 cm³/mol. The Kier molecular flexibility index (Phi) is 3.63. The van der Waals surface area contributed by atoms with Crippen LogP contribution in [0.25, 0.3) is 10.8 Å². The molecule has 1 amide bonds. The molecule has 2 N–H and O–H groups in total. The number of nitrogens with zero attached hydrogens (tertiary/aromatic N) is 2. The standard InChI is InChI=1S/C16H15FN2O4/c17-8-16(15(22)23)5-6-19(9-16)14(21)12-13(20)11-4-2-1-3-10(11)7-18-12/h1-4,7,20H,5-6,8-9H2,(H,22,23). The van der Waals surface area contributed by atoms with Crippen molar-refractivity contribution in [3.8, 4) is 5.75 Å². The predicted octanol–water partition coefficient (Wildman–Crippen LogP) is 1.83. The number of hydrogen-bond acceptors (Lipinski definition) is 4. The molecule has 0 saturated carbocycles. The normalized spacial score (nSPS) is 20.8. The van der Waals surface area contributed by atoms with Gasteiger partial charge in [0.2, 0.25) is 0 Å². The van der Waals surface area contributed by atoms with Crippen molar-refractivity contribution in [1.29, 1.82) is 0 Å². The summed E-state index contributed by atoms with van der Waals surface area (Å²) in [6.45, 7) is -1.15. The highest BCUT2D eigenvalue weighted by atomic mass is 19.1. The Balaban J connectivity index is 1.93. The zero-order chi connectivity index (χ0) is 16.6. The molecule has 0 spiro atoms. The third-order valence-corrected chi connectivity index (χ3v) is 4.33. The van der Waals surface area contributed by atoms with Crippen LogP contribution >= 0.6 is 0 Å². The van der Waals surface area contributed by atoms with Crippen LogP contribution in [0.3, 0.4) is 0 Å². The number of amides is 1.